The molecule has 1 N–H and O–H groups in total. The Morgan fingerprint density at radius 3 is 2.52 bits per heavy atom. The molecule has 3 rings (SSSR count). The number of hydrogen-bond donors (Lipinski definition) is 1. The van der Waals surface area contributed by atoms with Crippen LogP contribution < -0.4 is 5.32 Å². The van der Waals surface area contributed by atoms with E-state index in [1.807, 2.05) is 24.4 Å². The Morgan fingerprint density at radius 2 is 1.88 bits per heavy atom. The molecule has 0 bridgehead atoms. The van der Waals surface area contributed by atoms with Gasteiger partial charge in [0.05, 0.1) is 21.7 Å². The van der Waals surface area contributed by atoms with Crippen LogP contribution in [0.3, 0.4) is 0 Å². The Morgan fingerprint density at radius 1 is 1.16 bits per heavy atom. The molecule has 0 spiro atoms. The minimum Gasteiger partial charge on any atom is -0.311 e. The minimum atomic E-state index is -3.70. The van der Waals surface area contributed by atoms with Gasteiger partial charge in [-0.05, 0) is 36.9 Å². The Hall–Kier alpha value is -1.22. The van der Waals surface area contributed by atoms with Gasteiger partial charge < -0.3 is 5.32 Å². The zero-order chi connectivity index (χ0) is 18.1. The third-order valence-corrected chi connectivity index (χ3v) is 9.51. The quantitative estimate of drug-likeness (QED) is 0.802. The summed E-state index contributed by atoms with van der Waals surface area (Å²) in [6.07, 6.45) is 0.755. The molecule has 2 aromatic rings. The van der Waals surface area contributed by atoms with E-state index in [9.17, 15) is 16.8 Å². The largest absolute Gasteiger partial charge is 0.311 e. The highest BCUT2D eigenvalue weighted by molar-refractivity contribution is 7.96. The predicted octanol–water partition coefficient (Wildman–Crippen LogP) is 1.83. The first-order valence-electron chi connectivity index (χ1n) is 8.05. The summed E-state index contributed by atoms with van der Waals surface area (Å²) in [6.45, 7) is 2.44. The van der Waals surface area contributed by atoms with Crippen LogP contribution in [0.2, 0.25) is 0 Å². The molecular weight excluding hydrogens is 378 g/mol. The van der Waals surface area contributed by atoms with Gasteiger partial charge in [0.25, 0.3) is 0 Å². The first kappa shape index (κ1) is 18.6. The standard InChI is InChI=1S/C17H21NO4S3/c1-13-4-6-15(7-5-13)25(21,22)17-12-24(19,20)11-16(17)18-9-8-14-3-2-10-23-14/h2-7,10,16-18H,8-9,11-12H2,1H3/t16-,17-/m0/s1. The first-order valence-corrected chi connectivity index (χ1v) is 12.3. The molecule has 1 saturated heterocycles. The molecule has 1 fully saturated rings. The first-order chi connectivity index (χ1) is 11.8. The van der Waals surface area contributed by atoms with Crippen LogP contribution in [0.5, 0.6) is 0 Å². The van der Waals surface area contributed by atoms with Crippen molar-refractivity contribution in [2.45, 2.75) is 29.5 Å². The molecule has 0 unspecified atom stereocenters. The molecular formula is C17H21NO4S3. The fraction of sp³-hybridized carbons (Fsp3) is 0.412. The molecule has 1 aliphatic heterocycles. The molecule has 5 nitrogen and oxygen atoms in total. The van der Waals surface area contributed by atoms with Crippen LogP contribution in [0.25, 0.3) is 0 Å². The molecule has 1 aromatic carbocycles. The van der Waals surface area contributed by atoms with E-state index in [0.29, 0.717) is 6.54 Å². The van der Waals surface area contributed by atoms with Crippen molar-refractivity contribution in [1.82, 2.24) is 5.32 Å². The van der Waals surface area contributed by atoms with Gasteiger partial charge in [-0.3, -0.25) is 0 Å². The highest BCUT2D eigenvalue weighted by atomic mass is 32.2. The summed E-state index contributed by atoms with van der Waals surface area (Å²) in [5, 5.41) is 4.21. The number of benzene rings is 1. The van der Waals surface area contributed by atoms with E-state index >= 15 is 0 Å². The minimum absolute atomic E-state index is 0.132. The Balaban J connectivity index is 1.77. The van der Waals surface area contributed by atoms with E-state index < -0.39 is 31.0 Å². The third-order valence-electron chi connectivity index (χ3n) is 4.41. The number of sulfone groups is 2. The van der Waals surface area contributed by atoms with E-state index in [1.54, 1.807) is 35.6 Å². The summed E-state index contributed by atoms with van der Waals surface area (Å²) in [5.41, 5.74) is 0.962. The predicted molar refractivity (Wildman–Crippen MR) is 101 cm³/mol. The van der Waals surface area contributed by atoms with Crippen molar-refractivity contribution in [3.63, 3.8) is 0 Å². The summed E-state index contributed by atoms with van der Waals surface area (Å²) in [6, 6.07) is 9.97. The lowest BCUT2D eigenvalue weighted by Crippen LogP contribution is -2.44. The zero-order valence-electron chi connectivity index (χ0n) is 13.9. The molecule has 0 saturated carbocycles. The van der Waals surface area contributed by atoms with Crippen molar-refractivity contribution in [2.75, 3.05) is 18.1 Å². The van der Waals surface area contributed by atoms with Crippen LogP contribution >= 0.6 is 11.3 Å². The lowest BCUT2D eigenvalue weighted by molar-refractivity contribution is 0.529. The molecule has 2 atom stereocenters. The maximum atomic E-state index is 12.9. The van der Waals surface area contributed by atoms with E-state index in [-0.39, 0.29) is 16.4 Å². The van der Waals surface area contributed by atoms with Crippen molar-refractivity contribution in [3.8, 4) is 0 Å². The second kappa shape index (κ2) is 7.19. The van der Waals surface area contributed by atoms with Gasteiger partial charge in [0.15, 0.2) is 19.7 Å². The van der Waals surface area contributed by atoms with Gasteiger partial charge in [0, 0.05) is 17.5 Å². The van der Waals surface area contributed by atoms with Crippen LogP contribution in [-0.4, -0.2) is 46.2 Å². The fourth-order valence-electron chi connectivity index (χ4n) is 3.05. The number of rotatable bonds is 6. The molecule has 0 radical (unpaired) electrons. The maximum Gasteiger partial charge on any atom is 0.183 e. The van der Waals surface area contributed by atoms with E-state index in [1.165, 1.54) is 4.88 Å². The highest BCUT2D eigenvalue weighted by Gasteiger charge is 2.45. The number of thiophene rings is 1. The van der Waals surface area contributed by atoms with Crippen molar-refractivity contribution in [2.24, 2.45) is 0 Å². The summed E-state index contributed by atoms with van der Waals surface area (Å²) < 4.78 is 50.0. The van der Waals surface area contributed by atoms with Gasteiger partial charge in [-0.2, -0.15) is 0 Å². The van der Waals surface area contributed by atoms with Gasteiger partial charge in [-0.1, -0.05) is 23.8 Å². The van der Waals surface area contributed by atoms with Crippen LogP contribution in [-0.2, 0) is 26.1 Å². The lowest BCUT2D eigenvalue weighted by Gasteiger charge is -2.20. The van der Waals surface area contributed by atoms with Crippen molar-refractivity contribution in [3.05, 3.63) is 52.2 Å². The van der Waals surface area contributed by atoms with E-state index in [2.05, 4.69) is 5.32 Å². The molecule has 25 heavy (non-hydrogen) atoms. The second-order valence-corrected chi connectivity index (χ2v) is 11.7. The molecule has 0 aliphatic carbocycles. The smallest absolute Gasteiger partial charge is 0.183 e. The third kappa shape index (κ3) is 4.31. The van der Waals surface area contributed by atoms with Crippen molar-refractivity contribution >= 4 is 31.0 Å². The Kier molecular flexibility index (Phi) is 5.34. The van der Waals surface area contributed by atoms with Crippen molar-refractivity contribution < 1.29 is 16.8 Å². The van der Waals surface area contributed by atoms with Crippen molar-refractivity contribution in [1.29, 1.82) is 0 Å². The molecule has 2 heterocycles. The molecule has 8 heteroatoms. The molecule has 0 amide bonds. The average molecular weight is 400 g/mol. The molecule has 136 valence electrons. The maximum absolute atomic E-state index is 12.9. The summed E-state index contributed by atoms with van der Waals surface area (Å²) in [5.74, 6) is -0.451. The summed E-state index contributed by atoms with van der Waals surface area (Å²) in [7, 11) is -7.07. The molecule has 1 aliphatic rings. The topological polar surface area (TPSA) is 80.3 Å². The fourth-order valence-corrected chi connectivity index (χ4v) is 8.48. The SMILES string of the molecule is Cc1ccc(S(=O)(=O)[C@H]2CS(=O)(=O)C[C@@H]2NCCc2cccs2)cc1. The molecule has 1 aromatic heterocycles. The lowest BCUT2D eigenvalue weighted by atomic mass is 10.2. The van der Waals surface area contributed by atoms with Crippen LogP contribution in [0, 0.1) is 6.92 Å². The van der Waals surface area contributed by atoms with Gasteiger partial charge in [-0.15, -0.1) is 11.3 Å². The van der Waals surface area contributed by atoms with Crippen LogP contribution in [0.1, 0.15) is 10.4 Å². The second-order valence-electron chi connectivity index (χ2n) is 6.36. The highest BCUT2D eigenvalue weighted by Crippen LogP contribution is 2.26. The van der Waals surface area contributed by atoms with Gasteiger partial charge in [0.2, 0.25) is 0 Å². The van der Waals surface area contributed by atoms with E-state index in [0.717, 1.165) is 12.0 Å². The van der Waals surface area contributed by atoms with Gasteiger partial charge >= 0.3 is 0 Å². The average Bonchev–Trinajstić information content (AvgIpc) is 3.15. The van der Waals surface area contributed by atoms with Crippen LogP contribution in [0.15, 0.2) is 46.7 Å². The zero-order valence-corrected chi connectivity index (χ0v) is 16.3. The Labute approximate surface area is 152 Å². The number of nitrogens with one attached hydrogen (secondary N) is 1. The van der Waals surface area contributed by atoms with Gasteiger partial charge in [-0.25, -0.2) is 16.8 Å². The monoisotopic (exact) mass is 399 g/mol. The number of hydrogen-bond acceptors (Lipinski definition) is 6. The Bertz CT molecular complexity index is 917. The summed E-state index contributed by atoms with van der Waals surface area (Å²) in [4.78, 5) is 1.37. The summed E-state index contributed by atoms with van der Waals surface area (Å²) >= 11 is 1.63. The number of aryl methyl sites for hydroxylation is 1. The van der Waals surface area contributed by atoms with Gasteiger partial charge in [0.1, 0.15) is 0 Å². The van der Waals surface area contributed by atoms with E-state index in [4.69, 9.17) is 0 Å². The van der Waals surface area contributed by atoms with Crippen LogP contribution in [0.4, 0.5) is 0 Å². The normalized spacial score (nSPS) is 22.9.